The van der Waals surface area contributed by atoms with Crippen LogP contribution >= 0.6 is 15.9 Å². The molecule has 0 radical (unpaired) electrons. The summed E-state index contributed by atoms with van der Waals surface area (Å²) < 4.78 is 5.88. The molecular formula is C12H17BrN2O2. The van der Waals surface area contributed by atoms with Gasteiger partial charge in [0.15, 0.2) is 0 Å². The summed E-state index contributed by atoms with van der Waals surface area (Å²) in [7, 11) is 1.64. The summed E-state index contributed by atoms with van der Waals surface area (Å²) in [5.74, 6) is -0.0163. The van der Waals surface area contributed by atoms with E-state index in [0.717, 1.165) is 15.9 Å². The number of carbonyl (C=O) groups is 1. The second-order valence-electron chi connectivity index (χ2n) is 3.96. The van der Waals surface area contributed by atoms with E-state index in [1.165, 1.54) is 0 Å². The number of aromatic nitrogens is 1. The second kappa shape index (κ2) is 6.71. The normalized spacial score (nSPS) is 12.2. The molecule has 0 spiro atoms. The number of ether oxygens (including phenoxy) is 1. The summed E-state index contributed by atoms with van der Waals surface area (Å²) in [6, 6.07) is 1.88. The molecule has 0 aromatic carbocycles. The van der Waals surface area contributed by atoms with Gasteiger partial charge in [0.2, 0.25) is 5.91 Å². The molecule has 5 heteroatoms. The Labute approximate surface area is 110 Å². The van der Waals surface area contributed by atoms with E-state index in [1.54, 1.807) is 13.3 Å². The first-order chi connectivity index (χ1) is 8.02. The molecule has 1 rings (SSSR count). The minimum atomic E-state index is -0.0163. The summed E-state index contributed by atoms with van der Waals surface area (Å²) in [4.78, 5) is 15.7. The van der Waals surface area contributed by atoms with Crippen molar-refractivity contribution in [3.05, 3.63) is 22.4 Å². The molecule has 0 saturated carbocycles. The first-order valence-corrected chi connectivity index (χ1v) is 6.27. The molecule has 0 aliphatic rings. The average molecular weight is 301 g/mol. The zero-order chi connectivity index (χ0) is 12.8. The van der Waals surface area contributed by atoms with Crippen molar-refractivity contribution in [1.29, 1.82) is 0 Å². The predicted octanol–water partition coefficient (Wildman–Crippen LogP) is 2.91. The number of carbonyl (C=O) groups excluding carboxylic acids is 1. The highest BCUT2D eigenvalue weighted by atomic mass is 79.9. The van der Waals surface area contributed by atoms with E-state index < -0.39 is 0 Å². The van der Waals surface area contributed by atoms with Crippen LogP contribution in [0.5, 0.6) is 0 Å². The van der Waals surface area contributed by atoms with E-state index >= 15 is 0 Å². The molecule has 94 valence electrons. The number of hydrogen-bond donors (Lipinski definition) is 1. The van der Waals surface area contributed by atoms with Crippen molar-refractivity contribution in [2.45, 2.75) is 32.8 Å². The van der Waals surface area contributed by atoms with Gasteiger partial charge in [0.1, 0.15) is 4.60 Å². The van der Waals surface area contributed by atoms with Gasteiger partial charge < -0.3 is 10.1 Å². The Morgan fingerprint density at radius 1 is 1.65 bits per heavy atom. The van der Waals surface area contributed by atoms with Crippen LogP contribution in [0.25, 0.3) is 0 Å². The van der Waals surface area contributed by atoms with Crippen LogP contribution in [0.4, 0.5) is 5.69 Å². The molecule has 17 heavy (non-hydrogen) atoms. The van der Waals surface area contributed by atoms with E-state index in [1.807, 2.05) is 19.9 Å². The Hall–Kier alpha value is -0.940. The number of rotatable bonds is 5. The maximum Gasteiger partial charge on any atom is 0.224 e. The SMILES string of the molecule is COC(C)CCC(=O)Nc1cnc(Br)c(C)c1. The first-order valence-electron chi connectivity index (χ1n) is 5.47. The Morgan fingerprint density at radius 2 is 2.35 bits per heavy atom. The largest absolute Gasteiger partial charge is 0.382 e. The highest BCUT2D eigenvalue weighted by Crippen LogP contribution is 2.17. The molecule has 1 N–H and O–H groups in total. The van der Waals surface area contributed by atoms with Gasteiger partial charge in [-0.2, -0.15) is 0 Å². The number of nitrogens with one attached hydrogen (secondary N) is 1. The van der Waals surface area contributed by atoms with Crippen LogP contribution in [0.15, 0.2) is 16.9 Å². The number of methoxy groups -OCH3 is 1. The van der Waals surface area contributed by atoms with Crippen molar-refractivity contribution in [2.75, 3.05) is 12.4 Å². The van der Waals surface area contributed by atoms with Gasteiger partial charge in [0.05, 0.1) is 18.0 Å². The van der Waals surface area contributed by atoms with Gasteiger partial charge >= 0.3 is 0 Å². The topological polar surface area (TPSA) is 51.2 Å². The summed E-state index contributed by atoms with van der Waals surface area (Å²) >= 11 is 3.31. The van der Waals surface area contributed by atoms with Gasteiger partial charge in [-0.05, 0) is 47.8 Å². The smallest absolute Gasteiger partial charge is 0.224 e. The number of pyridine rings is 1. The summed E-state index contributed by atoms with van der Waals surface area (Å²) in [5, 5.41) is 2.81. The van der Waals surface area contributed by atoms with Crippen molar-refractivity contribution in [1.82, 2.24) is 4.98 Å². The number of halogens is 1. The molecule has 0 aliphatic heterocycles. The van der Waals surface area contributed by atoms with Gasteiger partial charge in [-0.25, -0.2) is 4.98 Å². The van der Waals surface area contributed by atoms with Crippen molar-refractivity contribution in [3.63, 3.8) is 0 Å². The Bertz CT molecular complexity index is 396. The maximum atomic E-state index is 11.6. The molecule has 1 aromatic heterocycles. The Balaban J connectivity index is 2.48. The molecule has 0 bridgehead atoms. The Kier molecular flexibility index (Phi) is 5.58. The molecular weight excluding hydrogens is 284 g/mol. The predicted molar refractivity (Wildman–Crippen MR) is 71.0 cm³/mol. The van der Waals surface area contributed by atoms with Gasteiger partial charge in [-0.1, -0.05) is 0 Å². The summed E-state index contributed by atoms with van der Waals surface area (Å²) in [6.07, 6.45) is 2.90. The lowest BCUT2D eigenvalue weighted by Gasteiger charge is -2.09. The highest BCUT2D eigenvalue weighted by Gasteiger charge is 2.07. The molecule has 0 aliphatic carbocycles. The van der Waals surface area contributed by atoms with Crippen molar-refractivity contribution >= 4 is 27.5 Å². The monoisotopic (exact) mass is 300 g/mol. The van der Waals surface area contributed by atoms with Crippen LogP contribution < -0.4 is 5.32 Å². The van der Waals surface area contributed by atoms with Gasteiger partial charge in [0, 0.05) is 13.5 Å². The molecule has 1 heterocycles. The van der Waals surface area contributed by atoms with Crippen LogP contribution in [0.2, 0.25) is 0 Å². The van der Waals surface area contributed by atoms with E-state index in [4.69, 9.17) is 4.74 Å². The summed E-state index contributed by atoms with van der Waals surface area (Å²) in [6.45, 7) is 3.87. The van der Waals surface area contributed by atoms with Crippen molar-refractivity contribution < 1.29 is 9.53 Å². The fraction of sp³-hybridized carbons (Fsp3) is 0.500. The molecule has 0 saturated heterocycles. The Morgan fingerprint density at radius 3 is 2.94 bits per heavy atom. The summed E-state index contributed by atoms with van der Waals surface area (Å²) in [5.41, 5.74) is 1.72. The third-order valence-corrected chi connectivity index (χ3v) is 3.31. The van der Waals surface area contributed by atoms with Crippen molar-refractivity contribution in [2.24, 2.45) is 0 Å². The van der Waals surface area contributed by atoms with Gasteiger partial charge in [-0.15, -0.1) is 0 Å². The number of nitrogens with zero attached hydrogens (tertiary/aromatic N) is 1. The molecule has 1 unspecified atom stereocenters. The lowest BCUT2D eigenvalue weighted by Crippen LogP contribution is -2.15. The fourth-order valence-electron chi connectivity index (χ4n) is 1.30. The van der Waals surface area contributed by atoms with Gasteiger partial charge in [-0.3, -0.25) is 4.79 Å². The van der Waals surface area contributed by atoms with E-state index in [0.29, 0.717) is 12.8 Å². The quantitative estimate of drug-likeness (QED) is 0.851. The third-order valence-electron chi connectivity index (χ3n) is 2.48. The van der Waals surface area contributed by atoms with Crippen molar-refractivity contribution in [3.8, 4) is 0 Å². The molecule has 1 atom stereocenters. The van der Waals surface area contributed by atoms with Crippen LogP contribution in [0.3, 0.4) is 0 Å². The average Bonchev–Trinajstić information content (AvgIpc) is 2.31. The standard InChI is InChI=1S/C12H17BrN2O2/c1-8-6-10(7-14-12(8)13)15-11(16)5-4-9(2)17-3/h6-7,9H,4-5H2,1-3H3,(H,15,16). The van der Waals surface area contributed by atoms with Crippen LogP contribution in [-0.2, 0) is 9.53 Å². The molecule has 1 aromatic rings. The van der Waals surface area contributed by atoms with Crippen LogP contribution in [0.1, 0.15) is 25.3 Å². The molecule has 0 fully saturated rings. The lowest BCUT2D eigenvalue weighted by molar-refractivity contribution is -0.116. The number of amides is 1. The number of hydrogen-bond acceptors (Lipinski definition) is 3. The number of aryl methyl sites for hydroxylation is 1. The molecule has 4 nitrogen and oxygen atoms in total. The first kappa shape index (κ1) is 14.1. The van der Waals surface area contributed by atoms with Crippen LogP contribution in [0, 0.1) is 6.92 Å². The maximum absolute atomic E-state index is 11.6. The highest BCUT2D eigenvalue weighted by molar-refractivity contribution is 9.10. The number of anilines is 1. The zero-order valence-corrected chi connectivity index (χ0v) is 11.9. The van der Waals surface area contributed by atoms with E-state index in [9.17, 15) is 4.79 Å². The third kappa shape index (κ3) is 4.83. The van der Waals surface area contributed by atoms with E-state index in [2.05, 4.69) is 26.2 Å². The van der Waals surface area contributed by atoms with Gasteiger partial charge in [0.25, 0.3) is 0 Å². The molecule has 1 amide bonds. The zero-order valence-electron chi connectivity index (χ0n) is 10.3. The minimum Gasteiger partial charge on any atom is -0.382 e. The van der Waals surface area contributed by atoms with Crippen LogP contribution in [-0.4, -0.2) is 24.1 Å². The minimum absolute atomic E-state index is 0.0163. The lowest BCUT2D eigenvalue weighted by atomic mass is 10.2. The second-order valence-corrected chi connectivity index (χ2v) is 4.72. The fourth-order valence-corrected chi connectivity index (χ4v) is 1.52. The van der Waals surface area contributed by atoms with E-state index in [-0.39, 0.29) is 12.0 Å².